The molecule has 1 atom stereocenters. The molecule has 0 aromatic heterocycles. The largest absolute Gasteiger partial charge is 0.412 e. The number of nitrogens with two attached hydrogens (primary N) is 1. The fraction of sp³-hybridized carbons (Fsp3) is 0.500. The highest BCUT2D eigenvalue weighted by Gasteiger charge is 2.17. The molecule has 0 spiro atoms. The summed E-state index contributed by atoms with van der Waals surface area (Å²) in [4.78, 5) is 20.4. The van der Waals surface area contributed by atoms with E-state index in [9.17, 15) is 9.59 Å². The van der Waals surface area contributed by atoms with Gasteiger partial charge in [-0.3, -0.25) is 0 Å². The van der Waals surface area contributed by atoms with Gasteiger partial charge in [-0.25, -0.2) is 9.59 Å². The quantitative estimate of drug-likeness (QED) is 0.386. The summed E-state index contributed by atoms with van der Waals surface area (Å²) in [6.07, 6.45) is -1.18. The van der Waals surface area contributed by atoms with Crippen molar-refractivity contribution in [3.63, 3.8) is 0 Å². The molecule has 0 rings (SSSR count). The van der Waals surface area contributed by atoms with Gasteiger partial charge in [-0.15, -0.1) is 23.2 Å². The molecule has 4 nitrogen and oxygen atoms in total. The summed E-state index contributed by atoms with van der Waals surface area (Å²) >= 11 is 10.4. The van der Waals surface area contributed by atoms with Crippen LogP contribution >= 0.6 is 23.2 Å². The van der Waals surface area contributed by atoms with E-state index in [-0.39, 0.29) is 5.88 Å². The molecule has 58 valence electrons. The second kappa shape index (κ2) is 4.35. The van der Waals surface area contributed by atoms with Crippen molar-refractivity contribution < 1.29 is 14.3 Å². The molecule has 10 heavy (non-hydrogen) atoms. The van der Waals surface area contributed by atoms with Crippen LogP contribution in [-0.4, -0.2) is 23.3 Å². The lowest BCUT2D eigenvalue weighted by atomic mass is 10.5. The monoisotopic (exact) mass is 185 g/mol. The summed E-state index contributed by atoms with van der Waals surface area (Å²) in [5.74, 6) is -1.04. The Bertz CT molecular complexity index is 149. The summed E-state index contributed by atoms with van der Waals surface area (Å²) in [6, 6.07) is 0. The smallest absolute Gasteiger partial charge is 0.375 e. The first-order chi connectivity index (χ1) is 4.57. The van der Waals surface area contributed by atoms with E-state index in [4.69, 9.17) is 23.2 Å². The fourth-order valence-corrected chi connectivity index (χ4v) is 0.397. The Balaban J connectivity index is 3.73. The first kappa shape index (κ1) is 9.52. The lowest BCUT2D eigenvalue weighted by Crippen LogP contribution is -2.25. The first-order valence-corrected chi connectivity index (χ1v) is 3.26. The number of halogens is 2. The number of ether oxygens (including phenoxy) is 1. The van der Waals surface area contributed by atoms with Crippen LogP contribution in [0.25, 0.3) is 0 Å². The molecular formula is C4H5Cl2NO3. The van der Waals surface area contributed by atoms with E-state index in [1.165, 1.54) is 0 Å². The van der Waals surface area contributed by atoms with Crippen LogP contribution in [0.5, 0.6) is 0 Å². The Morgan fingerprint density at radius 2 is 2.10 bits per heavy atom. The molecule has 0 saturated carbocycles. The van der Waals surface area contributed by atoms with E-state index < -0.39 is 17.4 Å². The number of amides is 1. The van der Waals surface area contributed by atoms with Crippen molar-refractivity contribution >= 4 is 35.3 Å². The Hall–Kier alpha value is -0.480. The SMILES string of the molecule is NC(=O)OC(=O)C(Cl)CCl. The van der Waals surface area contributed by atoms with Gasteiger partial charge in [0.15, 0.2) is 0 Å². The molecule has 6 heteroatoms. The second-order valence-corrected chi connectivity index (χ2v) is 2.20. The first-order valence-electron chi connectivity index (χ1n) is 2.29. The zero-order valence-corrected chi connectivity index (χ0v) is 6.35. The molecule has 0 fully saturated rings. The molecule has 0 radical (unpaired) electrons. The summed E-state index contributed by atoms with van der Waals surface area (Å²) in [5, 5.41) is -1.02. The van der Waals surface area contributed by atoms with Crippen molar-refractivity contribution in [3.05, 3.63) is 0 Å². The molecule has 1 unspecified atom stereocenters. The molecule has 0 bridgehead atoms. The number of esters is 1. The zero-order chi connectivity index (χ0) is 8.15. The predicted molar refractivity (Wildman–Crippen MR) is 36.0 cm³/mol. The Labute approximate surface area is 67.2 Å². The normalized spacial score (nSPS) is 12.2. The third-order valence-electron chi connectivity index (χ3n) is 0.592. The molecule has 0 aliphatic heterocycles. The molecule has 1 amide bonds. The predicted octanol–water partition coefficient (Wildman–Crippen LogP) is 0.455. The summed E-state index contributed by atoms with van der Waals surface area (Å²) in [5.41, 5.74) is 4.50. The third-order valence-corrected chi connectivity index (χ3v) is 1.39. The van der Waals surface area contributed by atoms with Crippen LogP contribution in [0.15, 0.2) is 0 Å². The van der Waals surface area contributed by atoms with Crippen LogP contribution in [0, 0.1) is 0 Å². The zero-order valence-electron chi connectivity index (χ0n) is 4.84. The average molecular weight is 186 g/mol. The molecule has 0 heterocycles. The highest BCUT2D eigenvalue weighted by atomic mass is 35.5. The van der Waals surface area contributed by atoms with Crippen molar-refractivity contribution in [2.24, 2.45) is 5.73 Å². The molecule has 0 aliphatic carbocycles. The number of carbonyl (C=O) groups is 2. The lowest BCUT2D eigenvalue weighted by Gasteiger charge is -2.00. The standard InChI is InChI=1S/C4H5Cl2NO3/c5-1-2(6)3(8)10-4(7)9/h2H,1H2,(H2,7,9). The maximum atomic E-state index is 10.4. The summed E-state index contributed by atoms with van der Waals surface area (Å²) < 4.78 is 3.89. The van der Waals surface area contributed by atoms with Gasteiger partial charge in [-0.1, -0.05) is 0 Å². The topological polar surface area (TPSA) is 69.4 Å². The number of rotatable bonds is 2. The molecular weight excluding hydrogens is 181 g/mol. The number of hydrogen-bond acceptors (Lipinski definition) is 3. The third kappa shape index (κ3) is 3.53. The number of hydrogen-bond donors (Lipinski definition) is 1. The Morgan fingerprint density at radius 1 is 1.60 bits per heavy atom. The van der Waals surface area contributed by atoms with Crippen molar-refractivity contribution in [2.45, 2.75) is 5.38 Å². The van der Waals surface area contributed by atoms with Gasteiger partial charge >= 0.3 is 12.1 Å². The lowest BCUT2D eigenvalue weighted by molar-refractivity contribution is -0.136. The molecule has 2 N–H and O–H groups in total. The van der Waals surface area contributed by atoms with Crippen molar-refractivity contribution in [2.75, 3.05) is 5.88 Å². The van der Waals surface area contributed by atoms with Crippen molar-refractivity contribution in [1.29, 1.82) is 0 Å². The Kier molecular flexibility index (Phi) is 4.14. The minimum Gasteiger partial charge on any atom is -0.375 e. The number of alkyl halides is 2. The molecule has 0 aliphatic rings. The number of primary amides is 1. The summed E-state index contributed by atoms with van der Waals surface area (Å²) in [7, 11) is 0. The van der Waals surface area contributed by atoms with Gasteiger partial charge in [0.2, 0.25) is 0 Å². The van der Waals surface area contributed by atoms with Gasteiger partial charge in [-0.2, -0.15) is 0 Å². The van der Waals surface area contributed by atoms with E-state index in [0.29, 0.717) is 0 Å². The molecule has 0 saturated heterocycles. The Morgan fingerprint density at radius 3 is 2.40 bits per heavy atom. The van der Waals surface area contributed by atoms with Crippen LogP contribution in [0.3, 0.4) is 0 Å². The van der Waals surface area contributed by atoms with Crippen LogP contribution in [-0.2, 0) is 9.53 Å². The van der Waals surface area contributed by atoms with Gasteiger partial charge in [0, 0.05) is 5.88 Å². The van der Waals surface area contributed by atoms with Crippen LogP contribution < -0.4 is 5.73 Å². The maximum Gasteiger partial charge on any atom is 0.412 e. The fourth-order valence-electron chi connectivity index (χ4n) is 0.226. The van der Waals surface area contributed by atoms with Gasteiger partial charge in [0.05, 0.1) is 0 Å². The molecule has 0 aromatic rings. The minimum absolute atomic E-state index is 0.117. The van der Waals surface area contributed by atoms with E-state index in [0.717, 1.165) is 0 Å². The highest BCUT2D eigenvalue weighted by Crippen LogP contribution is 2.00. The van der Waals surface area contributed by atoms with Crippen molar-refractivity contribution in [1.82, 2.24) is 0 Å². The van der Waals surface area contributed by atoms with E-state index >= 15 is 0 Å². The molecule has 0 aromatic carbocycles. The van der Waals surface area contributed by atoms with Gasteiger partial charge in [0.1, 0.15) is 5.38 Å². The number of carbonyl (C=O) groups excluding carboxylic acids is 2. The van der Waals surface area contributed by atoms with E-state index in [1.807, 2.05) is 0 Å². The van der Waals surface area contributed by atoms with E-state index in [2.05, 4.69) is 10.5 Å². The second-order valence-electron chi connectivity index (χ2n) is 1.36. The van der Waals surface area contributed by atoms with Gasteiger partial charge < -0.3 is 10.5 Å². The van der Waals surface area contributed by atoms with Crippen molar-refractivity contribution in [3.8, 4) is 0 Å². The van der Waals surface area contributed by atoms with E-state index in [1.54, 1.807) is 0 Å². The highest BCUT2D eigenvalue weighted by molar-refractivity contribution is 6.35. The average Bonchev–Trinajstić information content (AvgIpc) is 1.85. The van der Waals surface area contributed by atoms with Crippen LogP contribution in [0.1, 0.15) is 0 Å². The van der Waals surface area contributed by atoms with Crippen LogP contribution in [0.4, 0.5) is 4.79 Å². The minimum atomic E-state index is -1.18. The van der Waals surface area contributed by atoms with Crippen LogP contribution in [0.2, 0.25) is 0 Å². The summed E-state index contributed by atoms with van der Waals surface area (Å²) in [6.45, 7) is 0. The maximum absolute atomic E-state index is 10.4. The van der Waals surface area contributed by atoms with Gasteiger partial charge in [0.25, 0.3) is 0 Å². The van der Waals surface area contributed by atoms with Gasteiger partial charge in [-0.05, 0) is 0 Å².